The topological polar surface area (TPSA) is 108 Å². The van der Waals surface area contributed by atoms with Crippen LogP contribution in [-0.2, 0) is 18.4 Å². The van der Waals surface area contributed by atoms with Crippen molar-refractivity contribution in [3.63, 3.8) is 0 Å². The Balaban J connectivity index is 3.92. The van der Waals surface area contributed by atoms with Crippen LogP contribution in [0.3, 0.4) is 0 Å². The van der Waals surface area contributed by atoms with Gasteiger partial charge < -0.3 is 28.8 Å². The first-order chi connectivity index (χ1) is 32.5. The zero-order valence-electron chi connectivity index (χ0n) is 43.6. The summed E-state index contributed by atoms with van der Waals surface area (Å²) in [6.45, 7) is 4.51. The first kappa shape index (κ1) is 64.2. The van der Waals surface area contributed by atoms with E-state index >= 15 is 0 Å². The maximum atomic E-state index is 12.8. The molecule has 0 aliphatic rings. The minimum atomic E-state index is -4.56. The van der Waals surface area contributed by atoms with E-state index < -0.39 is 20.0 Å². The van der Waals surface area contributed by atoms with Crippen LogP contribution in [0, 0.1) is 0 Å². The van der Waals surface area contributed by atoms with Crippen LogP contribution >= 0.6 is 7.82 Å². The fourth-order valence-corrected chi connectivity index (χ4v) is 7.81. The maximum absolute atomic E-state index is 12.8. The zero-order chi connectivity index (χ0) is 49.2. The smallest absolute Gasteiger partial charge is 0.268 e. The Labute approximate surface area is 412 Å². The molecular formula is C58H101N2O6P. The molecule has 0 spiro atoms. The van der Waals surface area contributed by atoms with E-state index in [-0.39, 0.29) is 19.1 Å². The average Bonchev–Trinajstić information content (AvgIpc) is 3.29. The summed E-state index contributed by atoms with van der Waals surface area (Å²) in [5.41, 5.74) is 0. The number of carbonyl (C=O) groups excluding carboxylic acids is 1. The molecule has 384 valence electrons. The van der Waals surface area contributed by atoms with Gasteiger partial charge >= 0.3 is 0 Å². The number of nitrogens with one attached hydrogen (secondary N) is 1. The van der Waals surface area contributed by atoms with Crippen LogP contribution in [0.15, 0.2) is 109 Å². The highest BCUT2D eigenvalue weighted by Crippen LogP contribution is 2.38. The molecule has 0 rings (SSSR count). The molecule has 0 aromatic heterocycles. The standard InChI is InChI=1S/C58H101N2O6P/c1-6-8-10-12-14-15-16-17-18-19-20-21-22-23-24-25-26-27-28-29-30-31-32-33-34-35-36-37-38-39-40-41-42-43-44-45-46-48-50-52-58(62)59-56(57(61)51-49-47-13-11-9-7-2)55-66-67(63,64)65-54-53-60(3,4)5/h8,10,14-15,17-18,20-21,23-24,26-27,29-30,32-33,35-36,56-57,61H,6-7,9,11-13,16,19,22,25,28,31,34,37-55H2,1-5H3,(H-,59,62,63,64)/b10-8-,15-14-,18-17-,21-20-,24-23-,27-26-,30-29-,33-32-,36-35-. The zero-order valence-corrected chi connectivity index (χ0v) is 44.5. The second-order valence-electron chi connectivity index (χ2n) is 18.9. The van der Waals surface area contributed by atoms with Crippen LogP contribution in [0.4, 0.5) is 0 Å². The summed E-state index contributed by atoms with van der Waals surface area (Å²) in [4.78, 5) is 25.2. The van der Waals surface area contributed by atoms with Crippen LogP contribution in [0.1, 0.15) is 200 Å². The molecule has 8 nitrogen and oxygen atoms in total. The highest BCUT2D eigenvalue weighted by molar-refractivity contribution is 7.45. The number of quaternary nitrogens is 1. The molecule has 0 saturated carbocycles. The van der Waals surface area contributed by atoms with Gasteiger partial charge in [0.05, 0.1) is 39.9 Å². The first-order valence-corrected chi connectivity index (χ1v) is 28.2. The quantitative estimate of drug-likeness (QED) is 0.0272. The molecule has 0 fully saturated rings. The third kappa shape index (κ3) is 50.9. The third-order valence-electron chi connectivity index (χ3n) is 11.3. The number of amides is 1. The molecule has 2 N–H and O–H groups in total. The van der Waals surface area contributed by atoms with Gasteiger partial charge in [0, 0.05) is 6.42 Å². The minimum Gasteiger partial charge on any atom is -0.756 e. The molecule has 3 unspecified atom stereocenters. The fraction of sp³-hybridized carbons (Fsp3) is 0.672. The van der Waals surface area contributed by atoms with E-state index in [4.69, 9.17) is 9.05 Å². The summed E-state index contributed by atoms with van der Waals surface area (Å²) in [5.74, 6) is -0.179. The van der Waals surface area contributed by atoms with Crippen LogP contribution in [0.2, 0.25) is 0 Å². The maximum Gasteiger partial charge on any atom is 0.268 e. The number of aliphatic hydroxyl groups is 1. The molecule has 9 heteroatoms. The number of likely N-dealkylation sites (N-methyl/N-ethyl adjacent to an activating group) is 1. The Morgan fingerprint density at radius 1 is 0.537 bits per heavy atom. The van der Waals surface area contributed by atoms with Gasteiger partial charge in [0.25, 0.3) is 7.82 Å². The molecule has 1 amide bonds. The van der Waals surface area contributed by atoms with Crippen molar-refractivity contribution >= 4 is 13.7 Å². The Morgan fingerprint density at radius 2 is 0.910 bits per heavy atom. The highest BCUT2D eigenvalue weighted by atomic mass is 31.2. The largest absolute Gasteiger partial charge is 0.756 e. The summed E-state index contributed by atoms with van der Waals surface area (Å²) in [6.07, 6.45) is 70.2. The molecule has 0 saturated heterocycles. The molecular weight excluding hydrogens is 852 g/mol. The lowest BCUT2D eigenvalue weighted by atomic mass is 10.0. The number of hydrogen-bond acceptors (Lipinski definition) is 6. The Bertz CT molecular complexity index is 1450. The molecule has 0 aliphatic carbocycles. The van der Waals surface area contributed by atoms with Crippen molar-refractivity contribution in [1.82, 2.24) is 5.32 Å². The number of aliphatic hydroxyl groups excluding tert-OH is 1. The Kier molecular flexibility index (Phi) is 46.2. The Morgan fingerprint density at radius 3 is 1.33 bits per heavy atom. The molecule has 67 heavy (non-hydrogen) atoms. The number of nitrogens with zero attached hydrogens (tertiary/aromatic N) is 1. The van der Waals surface area contributed by atoms with Crippen LogP contribution in [0.25, 0.3) is 0 Å². The third-order valence-corrected chi connectivity index (χ3v) is 12.2. The van der Waals surface area contributed by atoms with E-state index in [1.54, 1.807) is 0 Å². The van der Waals surface area contributed by atoms with E-state index in [9.17, 15) is 19.4 Å². The Hall–Kier alpha value is -2.84. The molecule has 0 radical (unpaired) electrons. The van der Waals surface area contributed by atoms with Gasteiger partial charge in [0.1, 0.15) is 13.2 Å². The summed E-state index contributed by atoms with van der Waals surface area (Å²) >= 11 is 0. The van der Waals surface area contributed by atoms with E-state index in [1.807, 2.05) is 21.1 Å². The average molecular weight is 953 g/mol. The van der Waals surface area contributed by atoms with Gasteiger partial charge in [-0.3, -0.25) is 9.36 Å². The lowest BCUT2D eigenvalue weighted by Gasteiger charge is -2.30. The monoisotopic (exact) mass is 953 g/mol. The van der Waals surface area contributed by atoms with Gasteiger partial charge in [0.2, 0.25) is 5.91 Å². The van der Waals surface area contributed by atoms with Crippen LogP contribution in [0.5, 0.6) is 0 Å². The number of phosphoric acid groups is 1. The SMILES string of the molecule is CC/C=C\C/C=C\C/C=C\C/C=C\C/C=C\C/C=C\C/C=C\C/C=C\C/C=C\CCCCCCCCCCCCCC(=O)NC(COP(=O)([O-])OCC[N+](C)(C)C)C(O)CCCCCCCC. The van der Waals surface area contributed by atoms with Gasteiger partial charge in [-0.1, -0.05) is 220 Å². The number of carbonyl (C=O) groups is 1. The van der Waals surface area contributed by atoms with Gasteiger partial charge in [-0.2, -0.15) is 0 Å². The summed E-state index contributed by atoms with van der Waals surface area (Å²) in [6, 6.07) is -0.805. The minimum absolute atomic E-state index is 0.00637. The number of unbranched alkanes of at least 4 members (excludes halogenated alkanes) is 16. The summed E-state index contributed by atoms with van der Waals surface area (Å²) in [7, 11) is 1.28. The fourth-order valence-electron chi connectivity index (χ4n) is 7.09. The normalized spacial score (nSPS) is 14.9. The number of allylic oxidation sites excluding steroid dienone is 18. The second-order valence-corrected chi connectivity index (χ2v) is 20.3. The summed E-state index contributed by atoms with van der Waals surface area (Å²) < 4.78 is 23.1. The lowest BCUT2D eigenvalue weighted by molar-refractivity contribution is -0.870. The van der Waals surface area contributed by atoms with E-state index in [0.29, 0.717) is 23.9 Å². The van der Waals surface area contributed by atoms with Crippen molar-refractivity contribution in [1.29, 1.82) is 0 Å². The van der Waals surface area contributed by atoms with Crippen molar-refractivity contribution in [3.8, 4) is 0 Å². The van der Waals surface area contributed by atoms with Crippen molar-refractivity contribution in [3.05, 3.63) is 109 Å². The van der Waals surface area contributed by atoms with Crippen molar-refractivity contribution in [2.75, 3.05) is 40.9 Å². The number of rotatable bonds is 47. The number of phosphoric ester groups is 1. The first-order valence-electron chi connectivity index (χ1n) is 26.7. The van der Waals surface area contributed by atoms with E-state index in [0.717, 1.165) is 96.3 Å². The molecule has 0 aliphatic heterocycles. The van der Waals surface area contributed by atoms with Crippen LogP contribution < -0.4 is 10.2 Å². The highest BCUT2D eigenvalue weighted by Gasteiger charge is 2.24. The molecule has 0 bridgehead atoms. The van der Waals surface area contributed by atoms with Crippen LogP contribution in [-0.4, -0.2) is 68.5 Å². The molecule has 0 aromatic rings. The van der Waals surface area contributed by atoms with Crippen molar-refractivity contribution in [2.24, 2.45) is 0 Å². The predicted octanol–water partition coefficient (Wildman–Crippen LogP) is 15.4. The second kappa shape index (κ2) is 48.2. The lowest BCUT2D eigenvalue weighted by Crippen LogP contribution is -2.46. The molecule has 3 atom stereocenters. The molecule has 0 heterocycles. The molecule has 0 aromatic carbocycles. The van der Waals surface area contributed by atoms with Crippen molar-refractivity contribution in [2.45, 2.75) is 212 Å². The van der Waals surface area contributed by atoms with Gasteiger partial charge in [-0.05, 0) is 83.5 Å². The summed E-state index contributed by atoms with van der Waals surface area (Å²) in [5, 5.41) is 13.8. The number of hydrogen-bond donors (Lipinski definition) is 2. The van der Waals surface area contributed by atoms with Gasteiger partial charge in [-0.25, -0.2) is 0 Å². The van der Waals surface area contributed by atoms with Crippen molar-refractivity contribution < 1.29 is 32.9 Å². The van der Waals surface area contributed by atoms with Gasteiger partial charge in [0.15, 0.2) is 0 Å². The van der Waals surface area contributed by atoms with E-state index in [2.05, 4.69) is 129 Å². The van der Waals surface area contributed by atoms with Gasteiger partial charge in [-0.15, -0.1) is 0 Å². The van der Waals surface area contributed by atoms with E-state index in [1.165, 1.54) is 77.0 Å². The predicted molar refractivity (Wildman–Crippen MR) is 288 cm³/mol.